The molecule has 130 valence electrons. The van der Waals surface area contributed by atoms with Crippen molar-refractivity contribution in [2.45, 2.75) is 19.3 Å². The number of carboxylic acids is 1. The molecular formula is C17H27NO5. The minimum Gasteiger partial charge on any atom is -0.493 e. The van der Waals surface area contributed by atoms with E-state index in [1.54, 1.807) is 19.2 Å². The number of nitrogens with zero attached hydrogens (tertiary/aromatic N) is 1. The molecule has 0 unspecified atom stereocenters. The van der Waals surface area contributed by atoms with E-state index in [-0.39, 0.29) is 5.56 Å². The molecule has 0 aliphatic carbocycles. The van der Waals surface area contributed by atoms with Crippen LogP contribution >= 0.6 is 0 Å². The van der Waals surface area contributed by atoms with Crippen molar-refractivity contribution in [3.63, 3.8) is 0 Å². The molecule has 0 fully saturated rings. The van der Waals surface area contributed by atoms with E-state index in [9.17, 15) is 9.90 Å². The molecule has 23 heavy (non-hydrogen) atoms. The number of aromatic carboxylic acids is 1. The number of unbranched alkanes of at least 4 members (excludes halogenated alkanes) is 1. The Kier molecular flexibility index (Phi) is 9.09. The summed E-state index contributed by atoms with van der Waals surface area (Å²) < 4.78 is 16.2. The summed E-state index contributed by atoms with van der Waals surface area (Å²) in [4.78, 5) is 13.3. The van der Waals surface area contributed by atoms with Crippen LogP contribution in [0, 0.1) is 0 Å². The Hall–Kier alpha value is -1.79. The first-order valence-electron chi connectivity index (χ1n) is 7.81. The Morgan fingerprint density at radius 2 is 1.78 bits per heavy atom. The van der Waals surface area contributed by atoms with Gasteiger partial charge in [-0.2, -0.15) is 0 Å². The highest BCUT2D eigenvalue weighted by molar-refractivity contribution is 5.91. The van der Waals surface area contributed by atoms with Gasteiger partial charge in [0, 0.05) is 26.3 Å². The molecule has 0 aromatic heterocycles. The van der Waals surface area contributed by atoms with Crippen molar-refractivity contribution in [3.05, 3.63) is 23.8 Å². The molecule has 1 aromatic carbocycles. The second-order valence-corrected chi connectivity index (χ2v) is 5.52. The highest BCUT2D eigenvalue weighted by Gasteiger charge is 2.12. The van der Waals surface area contributed by atoms with Gasteiger partial charge in [0.2, 0.25) is 0 Å². The molecule has 0 aliphatic heterocycles. The molecule has 6 nitrogen and oxygen atoms in total. The predicted molar refractivity (Wildman–Crippen MR) is 88.7 cm³/mol. The van der Waals surface area contributed by atoms with E-state index in [2.05, 4.69) is 4.90 Å². The normalized spacial score (nSPS) is 10.8. The molecule has 0 amide bonds. The lowest BCUT2D eigenvalue weighted by Gasteiger charge is -2.13. The SMILES string of the molecule is COCCCCOc1cc(OCCCN(C)C)ccc1C(=O)O. The van der Waals surface area contributed by atoms with Gasteiger partial charge in [-0.3, -0.25) is 0 Å². The maximum Gasteiger partial charge on any atom is 0.339 e. The van der Waals surface area contributed by atoms with Gasteiger partial charge < -0.3 is 24.2 Å². The zero-order chi connectivity index (χ0) is 17.1. The van der Waals surface area contributed by atoms with E-state index in [0.29, 0.717) is 31.3 Å². The van der Waals surface area contributed by atoms with Crippen LogP contribution in [0.4, 0.5) is 0 Å². The largest absolute Gasteiger partial charge is 0.493 e. The highest BCUT2D eigenvalue weighted by Crippen LogP contribution is 2.25. The van der Waals surface area contributed by atoms with Crippen molar-refractivity contribution in [2.75, 3.05) is 47.6 Å². The van der Waals surface area contributed by atoms with Crippen LogP contribution in [0.3, 0.4) is 0 Å². The third-order valence-corrected chi connectivity index (χ3v) is 3.20. The second-order valence-electron chi connectivity index (χ2n) is 5.52. The number of carbonyl (C=O) groups is 1. The van der Waals surface area contributed by atoms with Crippen molar-refractivity contribution in [1.29, 1.82) is 0 Å². The first kappa shape index (κ1) is 19.3. The third-order valence-electron chi connectivity index (χ3n) is 3.20. The van der Waals surface area contributed by atoms with Gasteiger partial charge in [0.25, 0.3) is 0 Å². The Balaban J connectivity index is 2.57. The Labute approximate surface area is 138 Å². The monoisotopic (exact) mass is 325 g/mol. The van der Waals surface area contributed by atoms with Crippen LogP contribution in [0.15, 0.2) is 18.2 Å². The van der Waals surface area contributed by atoms with Gasteiger partial charge in [0.1, 0.15) is 17.1 Å². The summed E-state index contributed by atoms with van der Waals surface area (Å²) in [6.07, 6.45) is 2.58. The fourth-order valence-electron chi connectivity index (χ4n) is 1.99. The minimum atomic E-state index is -1.00. The smallest absolute Gasteiger partial charge is 0.339 e. The van der Waals surface area contributed by atoms with Crippen molar-refractivity contribution in [3.8, 4) is 11.5 Å². The molecule has 1 rings (SSSR count). The lowest BCUT2D eigenvalue weighted by atomic mass is 10.2. The van der Waals surface area contributed by atoms with Gasteiger partial charge in [-0.1, -0.05) is 0 Å². The molecule has 0 bridgehead atoms. The van der Waals surface area contributed by atoms with Crippen LogP contribution in [0.1, 0.15) is 29.6 Å². The number of ether oxygens (including phenoxy) is 3. The average molecular weight is 325 g/mol. The van der Waals surface area contributed by atoms with Crippen LogP contribution in [-0.4, -0.2) is 63.5 Å². The number of methoxy groups -OCH3 is 1. The summed E-state index contributed by atoms with van der Waals surface area (Å²) >= 11 is 0. The van der Waals surface area contributed by atoms with Crippen LogP contribution in [0.5, 0.6) is 11.5 Å². The number of hydrogen-bond donors (Lipinski definition) is 1. The van der Waals surface area contributed by atoms with Crippen molar-refractivity contribution in [2.24, 2.45) is 0 Å². The number of benzene rings is 1. The molecule has 6 heteroatoms. The molecule has 0 saturated heterocycles. The zero-order valence-electron chi connectivity index (χ0n) is 14.2. The van der Waals surface area contributed by atoms with Crippen molar-refractivity contribution in [1.82, 2.24) is 4.90 Å². The standard InChI is InChI=1S/C17H27NO5/c1-18(2)9-6-12-22-14-7-8-15(17(19)20)16(13-14)23-11-5-4-10-21-3/h7-8,13H,4-6,9-12H2,1-3H3,(H,19,20). The van der Waals surface area contributed by atoms with Crippen LogP contribution in [0.25, 0.3) is 0 Å². The third kappa shape index (κ3) is 7.85. The van der Waals surface area contributed by atoms with Gasteiger partial charge in [0.15, 0.2) is 0 Å². The first-order chi connectivity index (χ1) is 11.0. The predicted octanol–water partition coefficient (Wildman–Crippen LogP) is 2.52. The quantitative estimate of drug-likeness (QED) is 0.596. The molecule has 0 radical (unpaired) electrons. The summed E-state index contributed by atoms with van der Waals surface area (Å²) in [7, 11) is 5.68. The minimum absolute atomic E-state index is 0.150. The lowest BCUT2D eigenvalue weighted by Crippen LogP contribution is -2.15. The van der Waals surface area contributed by atoms with Crippen molar-refractivity contribution < 1.29 is 24.1 Å². The van der Waals surface area contributed by atoms with Crippen molar-refractivity contribution >= 4 is 5.97 Å². The molecule has 0 atom stereocenters. The van der Waals surface area contributed by atoms with Gasteiger partial charge >= 0.3 is 5.97 Å². The van der Waals surface area contributed by atoms with E-state index >= 15 is 0 Å². The average Bonchev–Trinajstić information content (AvgIpc) is 2.51. The molecule has 0 heterocycles. The molecule has 0 saturated carbocycles. The number of rotatable bonds is 12. The maximum atomic E-state index is 11.3. The summed E-state index contributed by atoms with van der Waals surface area (Å²) in [5, 5.41) is 9.23. The van der Waals surface area contributed by atoms with Gasteiger partial charge in [-0.15, -0.1) is 0 Å². The lowest BCUT2D eigenvalue weighted by molar-refractivity contribution is 0.0692. The van der Waals surface area contributed by atoms with E-state index in [1.807, 2.05) is 14.1 Å². The Morgan fingerprint density at radius 1 is 1.09 bits per heavy atom. The van der Waals surface area contributed by atoms with Gasteiger partial charge in [0.05, 0.1) is 13.2 Å². The summed E-state index contributed by atoms with van der Waals surface area (Å²) in [5.74, 6) is -0.0308. The van der Waals surface area contributed by atoms with Crippen LogP contribution in [-0.2, 0) is 4.74 Å². The Bertz CT molecular complexity index is 476. The molecule has 0 spiro atoms. The summed E-state index contributed by atoms with van der Waals surface area (Å²) in [5.41, 5.74) is 0.150. The number of carboxylic acid groups (broad SMARTS) is 1. The molecule has 1 N–H and O–H groups in total. The second kappa shape index (κ2) is 10.9. The van der Waals surface area contributed by atoms with E-state index in [0.717, 1.165) is 25.8 Å². The molecule has 0 aliphatic rings. The first-order valence-corrected chi connectivity index (χ1v) is 7.81. The maximum absolute atomic E-state index is 11.3. The van der Waals surface area contributed by atoms with Crippen LogP contribution < -0.4 is 9.47 Å². The Morgan fingerprint density at radius 3 is 2.43 bits per heavy atom. The van der Waals surface area contributed by atoms with Crippen LogP contribution in [0.2, 0.25) is 0 Å². The molecule has 1 aromatic rings. The fraction of sp³-hybridized carbons (Fsp3) is 0.588. The number of hydrogen-bond acceptors (Lipinski definition) is 5. The van der Waals surface area contributed by atoms with E-state index < -0.39 is 5.97 Å². The van der Waals surface area contributed by atoms with E-state index in [4.69, 9.17) is 14.2 Å². The summed E-state index contributed by atoms with van der Waals surface area (Å²) in [6, 6.07) is 4.83. The summed E-state index contributed by atoms with van der Waals surface area (Å²) in [6.45, 7) is 2.64. The van der Waals surface area contributed by atoms with E-state index in [1.165, 1.54) is 6.07 Å². The van der Waals surface area contributed by atoms with Gasteiger partial charge in [-0.25, -0.2) is 4.79 Å². The van der Waals surface area contributed by atoms with Gasteiger partial charge in [-0.05, 0) is 45.5 Å². The highest BCUT2D eigenvalue weighted by atomic mass is 16.5. The topological polar surface area (TPSA) is 68.2 Å². The zero-order valence-corrected chi connectivity index (χ0v) is 14.2. The fourth-order valence-corrected chi connectivity index (χ4v) is 1.99. The molecular weight excluding hydrogens is 298 g/mol.